The second-order valence-electron chi connectivity index (χ2n) is 20.4. The van der Waals surface area contributed by atoms with Crippen molar-refractivity contribution >= 4 is 47.8 Å². The standard InChI is InChI=1S/C50H75N7O14/c1-29-37(58)15-13-14-33(41(59)56-30(2)44(62)63)26-31-16-18-38(67-24-22-53-46(65)70-49(6,7)8)34(27-31)35-28-32(17-19-39(35)68-25-23-54-47(66)71-50(9,10)11)40(42(60)55-29)57(12)43(61)36(51)20-21-52-45(64)69-48(3,4)5/h16-19,27-30,33,36,40H,13-15,20-26,51H2,1-12H3,(H,52,64)(H,53,65)(H,54,66)(H,55,60)(H,56,59)(H,62,63)/t29-,30-,33-,36-,40-/m0/s1. The van der Waals surface area contributed by atoms with Gasteiger partial charge in [-0.2, -0.15) is 0 Å². The Morgan fingerprint density at radius 1 is 0.775 bits per heavy atom. The molecule has 0 saturated heterocycles. The highest BCUT2D eigenvalue weighted by atomic mass is 16.6. The number of Topliss-reactive ketones (excluding diaryl/α,β-unsaturated/α-hetero) is 1. The minimum Gasteiger partial charge on any atom is -0.491 e. The van der Waals surface area contributed by atoms with E-state index in [0.29, 0.717) is 16.7 Å². The zero-order valence-corrected chi connectivity index (χ0v) is 43.2. The molecule has 394 valence electrons. The lowest BCUT2D eigenvalue weighted by molar-refractivity contribution is -0.142. The van der Waals surface area contributed by atoms with E-state index in [1.165, 1.54) is 20.9 Å². The number of carboxylic acids is 1. The molecule has 1 aliphatic rings. The smallest absolute Gasteiger partial charge is 0.407 e. The number of amides is 6. The first-order valence-electron chi connectivity index (χ1n) is 23.8. The topological polar surface area (TPSA) is 292 Å². The summed E-state index contributed by atoms with van der Waals surface area (Å²) in [5.41, 5.74) is 5.72. The number of nitrogens with zero attached hydrogens (tertiary/aromatic N) is 1. The van der Waals surface area contributed by atoms with Gasteiger partial charge < -0.3 is 66.0 Å². The molecular formula is C50H75N7O14. The third-order valence-electron chi connectivity index (χ3n) is 10.5. The molecule has 71 heavy (non-hydrogen) atoms. The maximum atomic E-state index is 14.6. The van der Waals surface area contributed by atoms with Gasteiger partial charge in [0.15, 0.2) is 5.78 Å². The molecule has 3 rings (SSSR count). The number of benzene rings is 2. The van der Waals surface area contributed by atoms with Gasteiger partial charge >= 0.3 is 24.2 Å². The summed E-state index contributed by atoms with van der Waals surface area (Å²) in [5, 5.41) is 22.8. The zero-order chi connectivity index (χ0) is 53.4. The molecular weight excluding hydrogens is 923 g/mol. The predicted octanol–water partition coefficient (Wildman–Crippen LogP) is 4.91. The van der Waals surface area contributed by atoms with Gasteiger partial charge in [0.2, 0.25) is 17.7 Å². The van der Waals surface area contributed by atoms with E-state index in [2.05, 4.69) is 26.6 Å². The lowest BCUT2D eigenvalue weighted by Crippen LogP contribution is -2.50. The number of nitrogens with one attached hydrogen (secondary N) is 5. The molecule has 4 bridgehead atoms. The first kappa shape index (κ1) is 58.7. The van der Waals surface area contributed by atoms with E-state index in [1.807, 2.05) is 0 Å². The summed E-state index contributed by atoms with van der Waals surface area (Å²) in [6, 6.07) is 5.05. The van der Waals surface area contributed by atoms with Gasteiger partial charge in [0.1, 0.15) is 53.6 Å². The molecule has 0 fully saturated rings. The highest BCUT2D eigenvalue weighted by Crippen LogP contribution is 2.40. The van der Waals surface area contributed by atoms with E-state index in [9.17, 15) is 43.5 Å². The molecule has 1 aliphatic heterocycles. The number of rotatable bonds is 16. The molecule has 5 atom stereocenters. The number of nitrogens with two attached hydrogens (primary N) is 1. The molecule has 2 aromatic rings. The van der Waals surface area contributed by atoms with Gasteiger partial charge in [0, 0.05) is 37.1 Å². The quantitative estimate of drug-likeness (QED) is 0.0869. The Morgan fingerprint density at radius 3 is 1.77 bits per heavy atom. The Kier molecular flexibility index (Phi) is 21.5. The van der Waals surface area contributed by atoms with Crippen LogP contribution in [-0.2, 0) is 44.6 Å². The molecule has 21 nitrogen and oxygen atoms in total. The summed E-state index contributed by atoms with van der Waals surface area (Å²) in [5.74, 6) is -3.79. The van der Waals surface area contributed by atoms with E-state index in [1.54, 1.807) is 98.7 Å². The number of ether oxygens (including phenoxy) is 5. The fourth-order valence-electron chi connectivity index (χ4n) is 7.17. The molecule has 0 unspecified atom stereocenters. The molecule has 8 N–H and O–H groups in total. The monoisotopic (exact) mass is 998 g/mol. The molecule has 0 radical (unpaired) electrons. The average Bonchev–Trinajstić information content (AvgIpc) is 3.24. The number of aliphatic carboxylic acids is 1. The van der Waals surface area contributed by atoms with E-state index in [4.69, 9.17) is 29.4 Å². The lowest BCUT2D eigenvalue weighted by atomic mass is 9.89. The molecule has 6 amide bonds. The van der Waals surface area contributed by atoms with Crippen LogP contribution in [0.4, 0.5) is 14.4 Å². The molecule has 0 aromatic heterocycles. The van der Waals surface area contributed by atoms with Crippen molar-refractivity contribution in [1.82, 2.24) is 31.5 Å². The third kappa shape index (κ3) is 20.3. The first-order chi connectivity index (χ1) is 32.9. The largest absolute Gasteiger partial charge is 0.491 e. The molecule has 2 aromatic carbocycles. The van der Waals surface area contributed by atoms with Crippen molar-refractivity contribution in [2.45, 2.75) is 149 Å². The molecule has 1 heterocycles. The second-order valence-corrected chi connectivity index (χ2v) is 20.4. The van der Waals surface area contributed by atoms with Gasteiger partial charge in [-0.3, -0.25) is 24.0 Å². The normalized spacial score (nSPS) is 17.5. The summed E-state index contributed by atoms with van der Waals surface area (Å²) < 4.78 is 28.6. The van der Waals surface area contributed by atoms with Gasteiger partial charge in [0.05, 0.1) is 25.2 Å². The highest BCUT2D eigenvalue weighted by Gasteiger charge is 2.34. The van der Waals surface area contributed by atoms with Crippen LogP contribution < -0.4 is 41.8 Å². The average molecular weight is 998 g/mol. The van der Waals surface area contributed by atoms with Crippen molar-refractivity contribution in [3.05, 3.63) is 47.5 Å². The Morgan fingerprint density at radius 2 is 1.27 bits per heavy atom. The molecule has 21 heteroatoms. The highest BCUT2D eigenvalue weighted by molar-refractivity contribution is 5.94. The van der Waals surface area contributed by atoms with Crippen LogP contribution in [0.25, 0.3) is 11.1 Å². The van der Waals surface area contributed by atoms with Crippen LogP contribution in [-0.4, -0.2) is 133 Å². The van der Waals surface area contributed by atoms with Crippen molar-refractivity contribution in [2.75, 3.05) is 39.9 Å². The fourth-order valence-corrected chi connectivity index (χ4v) is 7.17. The SMILES string of the molecule is C[C@H](NC(=O)[C@H]1CCCC(=O)[C@H](C)NC(=O)[C@@H](N(C)C(=O)[C@@H](N)CCNC(=O)OC(C)(C)C)c2ccc(OCCNC(=O)OC(C)(C)C)c(c2)-c2cc(ccc2OCCNC(=O)OC(C)(C)C)C1)C(=O)O. The first-order valence-corrected chi connectivity index (χ1v) is 23.8. The van der Waals surface area contributed by atoms with Crippen molar-refractivity contribution < 1.29 is 67.1 Å². The van der Waals surface area contributed by atoms with E-state index >= 15 is 0 Å². The minimum atomic E-state index is -1.40. The minimum absolute atomic E-state index is 0.0102. The van der Waals surface area contributed by atoms with E-state index < -0.39 is 88.9 Å². The second kappa shape index (κ2) is 26.0. The van der Waals surface area contributed by atoms with Crippen molar-refractivity contribution in [2.24, 2.45) is 11.7 Å². The van der Waals surface area contributed by atoms with Crippen molar-refractivity contribution in [3.8, 4) is 22.6 Å². The van der Waals surface area contributed by atoms with Gasteiger partial charge in [0.25, 0.3) is 0 Å². The number of carbonyl (C=O) groups is 8. The van der Waals surface area contributed by atoms with Crippen LogP contribution in [0.3, 0.4) is 0 Å². The van der Waals surface area contributed by atoms with Gasteiger partial charge in [-0.1, -0.05) is 12.1 Å². The maximum absolute atomic E-state index is 14.6. The molecule has 0 spiro atoms. The number of hydrogen-bond donors (Lipinski definition) is 7. The Hall–Kier alpha value is -6.64. The zero-order valence-electron chi connectivity index (χ0n) is 43.2. The van der Waals surface area contributed by atoms with Crippen molar-refractivity contribution in [1.29, 1.82) is 0 Å². The van der Waals surface area contributed by atoms with Crippen LogP contribution in [0.5, 0.6) is 11.5 Å². The van der Waals surface area contributed by atoms with Crippen LogP contribution in [0.1, 0.15) is 119 Å². The predicted molar refractivity (Wildman–Crippen MR) is 263 cm³/mol. The number of carbonyl (C=O) groups excluding carboxylic acids is 7. The van der Waals surface area contributed by atoms with Crippen molar-refractivity contribution in [3.63, 3.8) is 0 Å². The summed E-state index contributed by atoms with van der Waals surface area (Å²) in [7, 11) is 1.40. The molecule has 0 aliphatic carbocycles. The van der Waals surface area contributed by atoms with Crippen LogP contribution in [0.2, 0.25) is 0 Å². The van der Waals surface area contributed by atoms with Crippen LogP contribution >= 0.6 is 0 Å². The number of likely N-dealkylation sites (N-methyl/N-ethyl adjacent to an activating group) is 1. The maximum Gasteiger partial charge on any atom is 0.407 e. The number of hydrogen-bond acceptors (Lipinski definition) is 14. The molecule has 0 saturated carbocycles. The summed E-state index contributed by atoms with van der Waals surface area (Å²) in [6.45, 7) is 18.2. The Labute approximate surface area is 416 Å². The number of fused-ring (bicyclic) bond motifs is 5. The van der Waals surface area contributed by atoms with E-state index in [0.717, 1.165) is 4.90 Å². The summed E-state index contributed by atoms with van der Waals surface area (Å²) >= 11 is 0. The lowest BCUT2D eigenvalue weighted by Gasteiger charge is -2.31. The fraction of sp³-hybridized carbons (Fsp3) is 0.600. The summed E-state index contributed by atoms with van der Waals surface area (Å²) in [6.07, 6.45) is -1.61. The van der Waals surface area contributed by atoms with Gasteiger partial charge in [-0.15, -0.1) is 0 Å². The number of alkyl carbamates (subject to hydrolysis) is 3. The van der Waals surface area contributed by atoms with E-state index in [-0.39, 0.29) is 87.8 Å². The van der Waals surface area contributed by atoms with Gasteiger partial charge in [-0.25, -0.2) is 14.4 Å². The van der Waals surface area contributed by atoms with Crippen LogP contribution in [0.15, 0.2) is 36.4 Å². The number of carboxylic acid groups (broad SMARTS) is 1. The Balaban J connectivity index is 2.25. The number of ketones is 1. The Bertz CT molecular complexity index is 2210. The third-order valence-corrected chi connectivity index (χ3v) is 10.5. The van der Waals surface area contributed by atoms with Gasteiger partial charge in [-0.05, 0) is 137 Å². The summed E-state index contributed by atoms with van der Waals surface area (Å²) in [4.78, 5) is 106. The van der Waals surface area contributed by atoms with Crippen LogP contribution in [0, 0.1) is 5.92 Å².